The molecule has 0 aliphatic rings. The van der Waals surface area contributed by atoms with E-state index in [4.69, 9.17) is 11.6 Å². The van der Waals surface area contributed by atoms with Gasteiger partial charge in [-0.3, -0.25) is 19.6 Å². The van der Waals surface area contributed by atoms with E-state index >= 15 is 0 Å². The fourth-order valence-electron chi connectivity index (χ4n) is 3.09. The summed E-state index contributed by atoms with van der Waals surface area (Å²) in [7, 11) is 0. The second kappa shape index (κ2) is 8.00. The average Bonchev–Trinajstić information content (AvgIpc) is 2.91. The molecule has 0 saturated carbocycles. The first-order chi connectivity index (χ1) is 13.7. The smallest absolute Gasteiger partial charge is 0.273 e. The molecule has 1 aromatic heterocycles. The van der Waals surface area contributed by atoms with Crippen LogP contribution >= 0.6 is 11.6 Å². The van der Waals surface area contributed by atoms with E-state index in [1.54, 1.807) is 24.6 Å². The van der Waals surface area contributed by atoms with Crippen LogP contribution in [0, 0.1) is 36.7 Å². The maximum absolute atomic E-state index is 13.3. The Morgan fingerprint density at radius 2 is 2.00 bits per heavy atom. The molecule has 0 unspecified atom stereocenters. The molecule has 2 aromatic carbocycles. The number of nitrogens with one attached hydrogen (secondary N) is 1. The molecule has 150 valence electrons. The minimum atomic E-state index is -0.521. The van der Waals surface area contributed by atoms with Gasteiger partial charge in [-0.2, -0.15) is 5.10 Å². The summed E-state index contributed by atoms with van der Waals surface area (Å²) in [4.78, 5) is 23.3. The summed E-state index contributed by atoms with van der Waals surface area (Å²) >= 11 is 6.09. The molecule has 0 radical (unpaired) electrons. The maximum Gasteiger partial charge on any atom is 0.273 e. The fraction of sp³-hybridized carbons (Fsp3) is 0.200. The Bertz CT molecular complexity index is 1130. The number of aryl methyl sites for hydroxylation is 1. The van der Waals surface area contributed by atoms with Gasteiger partial charge >= 0.3 is 0 Å². The number of aromatic nitrogens is 2. The minimum Gasteiger partial charge on any atom is -0.319 e. The first-order valence-electron chi connectivity index (χ1n) is 8.72. The zero-order valence-corrected chi connectivity index (χ0v) is 16.7. The molecule has 1 heterocycles. The quantitative estimate of drug-likeness (QED) is 0.477. The Morgan fingerprint density at radius 1 is 1.28 bits per heavy atom. The third kappa shape index (κ3) is 4.12. The average molecular weight is 417 g/mol. The highest BCUT2D eigenvalue weighted by atomic mass is 35.5. The van der Waals surface area contributed by atoms with E-state index in [-0.39, 0.29) is 21.8 Å². The third-order valence-corrected chi connectivity index (χ3v) is 5.05. The second-order valence-electron chi connectivity index (χ2n) is 6.60. The maximum atomic E-state index is 13.3. The van der Waals surface area contributed by atoms with Crippen LogP contribution in [0.25, 0.3) is 0 Å². The minimum absolute atomic E-state index is 0.118. The van der Waals surface area contributed by atoms with Gasteiger partial charge in [0.25, 0.3) is 11.6 Å². The molecule has 3 aromatic rings. The predicted octanol–water partition coefficient (Wildman–Crippen LogP) is 4.81. The summed E-state index contributed by atoms with van der Waals surface area (Å²) in [5, 5.41) is 18.6. The molecule has 0 saturated heterocycles. The number of amides is 1. The molecular weight excluding hydrogens is 399 g/mol. The van der Waals surface area contributed by atoms with Gasteiger partial charge in [0.1, 0.15) is 5.82 Å². The van der Waals surface area contributed by atoms with E-state index in [0.717, 1.165) is 0 Å². The van der Waals surface area contributed by atoms with E-state index in [1.807, 2.05) is 0 Å². The van der Waals surface area contributed by atoms with Crippen molar-refractivity contribution < 1.29 is 14.1 Å². The largest absolute Gasteiger partial charge is 0.319 e. The fourth-order valence-corrected chi connectivity index (χ4v) is 3.32. The van der Waals surface area contributed by atoms with Crippen LogP contribution in [0.4, 0.5) is 15.8 Å². The molecule has 3 rings (SSSR count). The van der Waals surface area contributed by atoms with Gasteiger partial charge in [0.2, 0.25) is 0 Å². The van der Waals surface area contributed by atoms with Crippen LogP contribution in [0.5, 0.6) is 0 Å². The highest BCUT2D eigenvalue weighted by molar-refractivity contribution is 6.31. The molecule has 29 heavy (non-hydrogen) atoms. The van der Waals surface area contributed by atoms with E-state index in [9.17, 15) is 19.3 Å². The first kappa shape index (κ1) is 20.5. The van der Waals surface area contributed by atoms with Gasteiger partial charge in [0.05, 0.1) is 28.5 Å². The van der Waals surface area contributed by atoms with Gasteiger partial charge in [-0.1, -0.05) is 23.7 Å². The number of anilines is 1. The number of nitrogens with zero attached hydrogens (tertiary/aromatic N) is 3. The summed E-state index contributed by atoms with van der Waals surface area (Å²) in [5.74, 6) is -0.885. The number of carbonyl (C=O) groups is 1. The molecule has 0 aliphatic heterocycles. The highest BCUT2D eigenvalue weighted by Gasteiger charge is 2.21. The van der Waals surface area contributed by atoms with Crippen LogP contribution in [-0.4, -0.2) is 20.6 Å². The van der Waals surface area contributed by atoms with Crippen molar-refractivity contribution in [1.82, 2.24) is 9.78 Å². The molecular formula is C20H18ClFN4O3. The highest BCUT2D eigenvalue weighted by Crippen LogP contribution is 2.26. The van der Waals surface area contributed by atoms with Crippen LogP contribution in [0.15, 0.2) is 36.4 Å². The Labute approximate surface area is 171 Å². The van der Waals surface area contributed by atoms with Gasteiger partial charge in [-0.05, 0) is 44.5 Å². The van der Waals surface area contributed by atoms with Crippen molar-refractivity contribution in [2.45, 2.75) is 27.3 Å². The van der Waals surface area contributed by atoms with Crippen LogP contribution < -0.4 is 5.32 Å². The molecule has 0 bridgehead atoms. The number of halogens is 2. The van der Waals surface area contributed by atoms with Gasteiger partial charge in [0, 0.05) is 22.2 Å². The lowest BCUT2D eigenvalue weighted by atomic mass is 10.1. The summed E-state index contributed by atoms with van der Waals surface area (Å²) in [6.07, 6.45) is 0. The Kier molecular flexibility index (Phi) is 5.65. The molecule has 1 amide bonds. The molecule has 0 aliphatic carbocycles. The monoisotopic (exact) mass is 416 g/mol. The Balaban J connectivity index is 1.88. The third-order valence-electron chi connectivity index (χ3n) is 4.70. The van der Waals surface area contributed by atoms with Gasteiger partial charge < -0.3 is 5.32 Å². The van der Waals surface area contributed by atoms with E-state index < -0.39 is 16.6 Å². The van der Waals surface area contributed by atoms with Gasteiger partial charge in [-0.15, -0.1) is 0 Å². The number of benzene rings is 2. The lowest BCUT2D eigenvalue weighted by molar-refractivity contribution is -0.385. The van der Waals surface area contributed by atoms with Gasteiger partial charge in [0.15, 0.2) is 0 Å². The number of nitro benzene ring substituents is 1. The van der Waals surface area contributed by atoms with E-state index in [2.05, 4.69) is 10.4 Å². The SMILES string of the molecule is Cc1nn(Cc2ccc(F)cc2Cl)c(C)c1NC(=O)c1cccc([N+](=O)[O-])c1C. The molecule has 0 spiro atoms. The predicted molar refractivity (Wildman–Crippen MR) is 108 cm³/mol. The van der Waals surface area contributed by atoms with Crippen molar-refractivity contribution in [1.29, 1.82) is 0 Å². The van der Waals surface area contributed by atoms with Crippen molar-refractivity contribution in [2.75, 3.05) is 5.32 Å². The van der Waals surface area contributed by atoms with E-state index in [1.165, 1.54) is 37.3 Å². The lowest BCUT2D eigenvalue weighted by Gasteiger charge is -2.10. The van der Waals surface area contributed by atoms with Crippen molar-refractivity contribution in [3.05, 3.63) is 85.4 Å². The van der Waals surface area contributed by atoms with Gasteiger partial charge in [-0.25, -0.2) is 4.39 Å². The summed E-state index contributed by atoms with van der Waals surface area (Å²) in [6.45, 7) is 5.36. The first-order valence-corrected chi connectivity index (χ1v) is 9.10. The summed E-state index contributed by atoms with van der Waals surface area (Å²) < 4.78 is 14.9. The topological polar surface area (TPSA) is 90.1 Å². The summed E-state index contributed by atoms with van der Waals surface area (Å²) in [6, 6.07) is 8.49. The lowest BCUT2D eigenvalue weighted by Crippen LogP contribution is -2.15. The number of hydrogen-bond donors (Lipinski definition) is 1. The normalized spacial score (nSPS) is 10.8. The van der Waals surface area contributed by atoms with Crippen molar-refractivity contribution in [3.8, 4) is 0 Å². The van der Waals surface area contributed by atoms with E-state index in [0.29, 0.717) is 29.2 Å². The number of hydrogen-bond acceptors (Lipinski definition) is 4. The number of nitro groups is 1. The second-order valence-corrected chi connectivity index (χ2v) is 7.01. The standard InChI is InChI=1S/C20H18ClFN4O3/c1-11-16(5-4-6-18(11)26(28)29)20(27)23-19-12(2)24-25(13(19)3)10-14-7-8-15(22)9-17(14)21/h4-9H,10H2,1-3H3,(H,23,27). The summed E-state index contributed by atoms with van der Waals surface area (Å²) in [5.41, 5.74) is 2.84. The molecule has 9 heteroatoms. The Hall–Kier alpha value is -3.26. The Morgan fingerprint density at radius 3 is 2.66 bits per heavy atom. The molecule has 0 atom stereocenters. The van der Waals surface area contributed by atoms with Crippen LogP contribution in [-0.2, 0) is 6.54 Å². The van der Waals surface area contributed by atoms with Crippen molar-refractivity contribution >= 4 is 28.9 Å². The van der Waals surface area contributed by atoms with Crippen LogP contribution in [0.3, 0.4) is 0 Å². The zero-order valence-electron chi connectivity index (χ0n) is 16.0. The number of rotatable bonds is 5. The zero-order chi connectivity index (χ0) is 21.3. The molecule has 1 N–H and O–H groups in total. The number of carbonyl (C=O) groups excluding carboxylic acids is 1. The van der Waals surface area contributed by atoms with Crippen molar-refractivity contribution in [2.24, 2.45) is 0 Å². The molecule has 0 fully saturated rings. The van der Waals surface area contributed by atoms with Crippen LogP contribution in [0.1, 0.15) is 32.9 Å². The van der Waals surface area contributed by atoms with Crippen molar-refractivity contribution in [3.63, 3.8) is 0 Å². The molecule has 7 nitrogen and oxygen atoms in total. The van der Waals surface area contributed by atoms with Crippen LogP contribution in [0.2, 0.25) is 5.02 Å².